The van der Waals surface area contributed by atoms with Gasteiger partial charge < -0.3 is 10.6 Å². The van der Waals surface area contributed by atoms with Gasteiger partial charge in [0, 0.05) is 11.4 Å². The Kier molecular flexibility index (Phi) is 5.98. The van der Waals surface area contributed by atoms with Gasteiger partial charge in [-0.25, -0.2) is 8.42 Å². The highest BCUT2D eigenvalue weighted by Gasteiger charge is 2.21. The molecule has 0 atom stereocenters. The number of nitrogens with one attached hydrogen (secondary N) is 2. The van der Waals surface area contributed by atoms with Gasteiger partial charge in [0.2, 0.25) is 11.8 Å². The minimum atomic E-state index is -3.91. The Balaban J connectivity index is 1.60. The fraction of sp³-hybridized carbons (Fsp3) is 0.182. The van der Waals surface area contributed by atoms with Crippen LogP contribution < -0.4 is 10.6 Å². The Morgan fingerprint density at radius 3 is 2.14 bits per heavy atom. The van der Waals surface area contributed by atoms with Gasteiger partial charge in [-0.15, -0.1) is 0 Å². The Hall–Kier alpha value is -3.19. The lowest BCUT2D eigenvalue weighted by Crippen LogP contribution is -2.30. The summed E-state index contributed by atoms with van der Waals surface area (Å²) in [5, 5.41) is 7.11. The molecule has 0 spiro atoms. The van der Waals surface area contributed by atoms with Crippen molar-refractivity contribution < 1.29 is 18.0 Å². The van der Waals surface area contributed by atoms with Crippen molar-refractivity contribution in [3.8, 4) is 0 Å². The highest BCUT2D eigenvalue weighted by atomic mass is 32.2. The maximum absolute atomic E-state index is 12.3. The Morgan fingerprint density at radius 1 is 0.793 bits per heavy atom. The average Bonchev–Trinajstić information content (AvgIpc) is 2.63. The van der Waals surface area contributed by atoms with Crippen LogP contribution in [0.5, 0.6) is 0 Å². The fourth-order valence-electron chi connectivity index (χ4n) is 3.05. The number of aryl methyl sites for hydroxylation is 2. The molecule has 3 rings (SSSR count). The molecule has 0 aliphatic heterocycles. The zero-order valence-electron chi connectivity index (χ0n) is 16.2. The molecule has 7 heteroatoms. The molecule has 2 amide bonds. The predicted octanol–water partition coefficient (Wildman–Crippen LogP) is 3.45. The monoisotopic (exact) mass is 410 g/mol. The van der Waals surface area contributed by atoms with E-state index in [9.17, 15) is 18.0 Å². The van der Waals surface area contributed by atoms with Crippen LogP contribution in [0.15, 0.2) is 60.7 Å². The first-order chi connectivity index (χ1) is 13.7. The molecule has 150 valence electrons. The van der Waals surface area contributed by atoms with Crippen LogP contribution in [-0.2, 0) is 19.4 Å². The molecular weight excluding hydrogens is 388 g/mol. The summed E-state index contributed by atoms with van der Waals surface area (Å²) in [6.07, 6.45) is 0. The zero-order chi connectivity index (χ0) is 21.0. The Bertz CT molecular complexity index is 1190. The van der Waals surface area contributed by atoms with Crippen LogP contribution >= 0.6 is 0 Å². The maximum atomic E-state index is 12.3. The number of benzene rings is 3. The van der Waals surface area contributed by atoms with Gasteiger partial charge >= 0.3 is 0 Å². The van der Waals surface area contributed by atoms with E-state index in [1.807, 2.05) is 56.3 Å². The van der Waals surface area contributed by atoms with Crippen LogP contribution in [0.2, 0.25) is 0 Å². The molecule has 0 saturated heterocycles. The van der Waals surface area contributed by atoms with E-state index in [0.717, 1.165) is 21.9 Å². The molecule has 0 aliphatic rings. The van der Waals surface area contributed by atoms with Crippen molar-refractivity contribution >= 4 is 43.8 Å². The number of hydrogen-bond acceptors (Lipinski definition) is 4. The van der Waals surface area contributed by atoms with Gasteiger partial charge in [-0.2, -0.15) is 0 Å². The number of fused-ring (bicyclic) bond motifs is 1. The van der Waals surface area contributed by atoms with Crippen LogP contribution in [0.4, 0.5) is 11.4 Å². The molecule has 0 radical (unpaired) electrons. The normalized spacial score (nSPS) is 11.2. The first-order valence-electron chi connectivity index (χ1n) is 9.08. The summed E-state index contributed by atoms with van der Waals surface area (Å²) in [4.78, 5) is 24.3. The van der Waals surface area contributed by atoms with E-state index in [2.05, 4.69) is 10.6 Å². The SMILES string of the molecule is Cc1ccc(NC(=O)CS(=O)(=O)CC(=O)Nc2ccc3ccccc3c2)c(C)c1. The van der Waals surface area contributed by atoms with Gasteiger partial charge in [-0.3, -0.25) is 9.59 Å². The third kappa shape index (κ3) is 5.65. The first-order valence-corrected chi connectivity index (χ1v) is 10.9. The molecule has 0 aliphatic carbocycles. The molecular formula is C22H22N2O4S. The third-order valence-electron chi connectivity index (χ3n) is 4.39. The molecule has 0 unspecified atom stereocenters. The average molecular weight is 410 g/mol. The van der Waals surface area contributed by atoms with E-state index in [1.54, 1.807) is 18.2 Å². The van der Waals surface area contributed by atoms with E-state index in [0.29, 0.717) is 11.4 Å². The van der Waals surface area contributed by atoms with E-state index >= 15 is 0 Å². The van der Waals surface area contributed by atoms with E-state index in [4.69, 9.17) is 0 Å². The Labute approximate surface area is 169 Å². The number of hydrogen-bond donors (Lipinski definition) is 2. The molecule has 6 nitrogen and oxygen atoms in total. The largest absolute Gasteiger partial charge is 0.325 e. The van der Waals surface area contributed by atoms with Crippen molar-refractivity contribution in [2.24, 2.45) is 0 Å². The van der Waals surface area contributed by atoms with Gasteiger partial charge in [0.05, 0.1) is 0 Å². The number of sulfone groups is 1. The summed E-state index contributed by atoms with van der Waals surface area (Å²) in [6, 6.07) is 18.4. The number of rotatable bonds is 6. The highest BCUT2D eigenvalue weighted by Crippen LogP contribution is 2.19. The van der Waals surface area contributed by atoms with Gasteiger partial charge in [0.15, 0.2) is 9.84 Å². The van der Waals surface area contributed by atoms with Crippen LogP contribution in [0.3, 0.4) is 0 Å². The molecule has 3 aromatic carbocycles. The van der Waals surface area contributed by atoms with Gasteiger partial charge in [-0.05, 0) is 48.4 Å². The lowest BCUT2D eigenvalue weighted by atomic mass is 10.1. The van der Waals surface area contributed by atoms with Crippen LogP contribution in [0.1, 0.15) is 11.1 Å². The molecule has 0 bridgehead atoms. The van der Waals surface area contributed by atoms with Gasteiger partial charge in [0.25, 0.3) is 0 Å². The second kappa shape index (κ2) is 8.45. The first kappa shape index (κ1) is 20.5. The molecule has 0 fully saturated rings. The van der Waals surface area contributed by atoms with Crippen LogP contribution in [0.25, 0.3) is 10.8 Å². The number of amides is 2. The number of anilines is 2. The van der Waals surface area contributed by atoms with Gasteiger partial charge in [-0.1, -0.05) is 48.0 Å². The second-order valence-corrected chi connectivity index (χ2v) is 9.07. The standard InChI is InChI=1S/C22H22N2O4S/c1-15-7-10-20(16(2)11-15)24-22(26)14-29(27,28)13-21(25)23-19-9-8-17-5-3-4-6-18(17)12-19/h3-12H,13-14H2,1-2H3,(H,23,25)(H,24,26). The molecule has 0 aromatic heterocycles. The molecule has 0 heterocycles. The zero-order valence-corrected chi connectivity index (χ0v) is 17.0. The van der Waals surface area contributed by atoms with Crippen LogP contribution in [0, 0.1) is 13.8 Å². The molecule has 29 heavy (non-hydrogen) atoms. The Morgan fingerprint density at radius 2 is 1.45 bits per heavy atom. The smallest absolute Gasteiger partial charge is 0.239 e. The molecule has 2 N–H and O–H groups in total. The highest BCUT2D eigenvalue weighted by molar-refractivity contribution is 7.92. The molecule has 3 aromatic rings. The predicted molar refractivity (Wildman–Crippen MR) is 116 cm³/mol. The minimum absolute atomic E-state index is 0.503. The van der Waals surface area contributed by atoms with Crippen molar-refractivity contribution in [2.45, 2.75) is 13.8 Å². The van der Waals surface area contributed by atoms with E-state index in [-0.39, 0.29) is 0 Å². The number of carbonyl (C=O) groups is 2. The summed E-state index contributed by atoms with van der Waals surface area (Å²) in [5.41, 5.74) is 2.93. The lowest BCUT2D eigenvalue weighted by molar-refractivity contribution is -0.114. The third-order valence-corrected chi connectivity index (χ3v) is 5.80. The van der Waals surface area contributed by atoms with Crippen molar-refractivity contribution in [1.82, 2.24) is 0 Å². The summed E-state index contributed by atoms with van der Waals surface area (Å²) in [6.45, 7) is 3.76. The topological polar surface area (TPSA) is 92.3 Å². The van der Waals surface area contributed by atoms with Crippen LogP contribution in [-0.4, -0.2) is 31.7 Å². The van der Waals surface area contributed by atoms with E-state index in [1.165, 1.54) is 0 Å². The lowest BCUT2D eigenvalue weighted by Gasteiger charge is -2.10. The van der Waals surface area contributed by atoms with Crippen molar-refractivity contribution in [2.75, 3.05) is 22.1 Å². The number of carbonyl (C=O) groups excluding carboxylic acids is 2. The minimum Gasteiger partial charge on any atom is -0.325 e. The summed E-state index contributed by atoms with van der Waals surface area (Å²) in [7, 11) is -3.91. The fourth-order valence-corrected chi connectivity index (χ4v) is 4.10. The van der Waals surface area contributed by atoms with Crippen molar-refractivity contribution in [3.63, 3.8) is 0 Å². The van der Waals surface area contributed by atoms with Crippen molar-refractivity contribution in [3.05, 3.63) is 71.8 Å². The quantitative estimate of drug-likeness (QED) is 0.651. The maximum Gasteiger partial charge on any atom is 0.239 e. The summed E-state index contributed by atoms with van der Waals surface area (Å²) >= 11 is 0. The van der Waals surface area contributed by atoms with Gasteiger partial charge in [0.1, 0.15) is 11.5 Å². The van der Waals surface area contributed by atoms with Crippen molar-refractivity contribution in [1.29, 1.82) is 0 Å². The second-order valence-electron chi connectivity index (χ2n) is 7.01. The summed E-state index contributed by atoms with van der Waals surface area (Å²) < 4.78 is 24.5. The van der Waals surface area contributed by atoms with E-state index < -0.39 is 33.2 Å². The summed E-state index contributed by atoms with van der Waals surface area (Å²) in [5.74, 6) is -2.87. The molecule has 0 saturated carbocycles.